The molecule has 0 atom stereocenters. The van der Waals surface area contributed by atoms with Crippen LogP contribution in [0.25, 0.3) is 27.6 Å². The summed E-state index contributed by atoms with van der Waals surface area (Å²) in [6.45, 7) is 9.30. The molecule has 1 aliphatic carbocycles. The summed E-state index contributed by atoms with van der Waals surface area (Å²) in [5, 5.41) is 4.94. The number of allylic oxidation sites excluding steroid dienone is 7. The maximum atomic E-state index is 4.32. The van der Waals surface area contributed by atoms with Crippen LogP contribution in [-0.2, 0) is 6.42 Å². The molecule has 0 radical (unpaired) electrons. The lowest BCUT2D eigenvalue weighted by atomic mass is 9.96. The van der Waals surface area contributed by atoms with Gasteiger partial charge in [-0.3, -0.25) is 0 Å². The zero-order chi connectivity index (χ0) is 31.5. The molecule has 5 aromatic rings. The first-order chi connectivity index (χ1) is 22.5. The number of benzene rings is 5. The van der Waals surface area contributed by atoms with E-state index in [0.717, 1.165) is 48.5 Å². The third kappa shape index (κ3) is 5.99. The van der Waals surface area contributed by atoms with Crippen molar-refractivity contribution in [2.45, 2.75) is 33.1 Å². The van der Waals surface area contributed by atoms with Gasteiger partial charge >= 0.3 is 0 Å². The van der Waals surface area contributed by atoms with Gasteiger partial charge < -0.3 is 9.80 Å². The highest BCUT2D eigenvalue weighted by Gasteiger charge is 2.22. The standard InChI is InChI=1S/C44H40N2/c1-32(2)28-38-17-6-4-5-11-27-45(42-21-13-19-37-29-33(3)23-26-41(37)42)44(38)31-46(39-25-24-34-14-7-8-16-36(34)30-39)43-22-12-18-35-15-9-10-20-40(35)43/h4-7,9-15,18-26,28-31H,1,8,16-17,27H2,2-3H3/b6-4-,11-5-,38-28-,44-31+. The Hall–Kier alpha value is -5.34. The van der Waals surface area contributed by atoms with E-state index in [4.69, 9.17) is 0 Å². The summed E-state index contributed by atoms with van der Waals surface area (Å²) < 4.78 is 0. The second-order valence-corrected chi connectivity index (χ2v) is 12.4. The van der Waals surface area contributed by atoms with Crippen molar-refractivity contribution >= 4 is 44.7 Å². The van der Waals surface area contributed by atoms with E-state index in [1.807, 2.05) is 0 Å². The van der Waals surface area contributed by atoms with Gasteiger partial charge in [0, 0.05) is 34.9 Å². The summed E-state index contributed by atoms with van der Waals surface area (Å²) in [4.78, 5) is 4.89. The average molecular weight is 597 g/mol. The molecule has 2 aliphatic rings. The second-order valence-electron chi connectivity index (χ2n) is 12.4. The lowest BCUT2D eigenvalue weighted by molar-refractivity contribution is 0.979. The molecule has 226 valence electrons. The average Bonchev–Trinajstić information content (AvgIpc) is 3.16. The van der Waals surface area contributed by atoms with Crippen molar-refractivity contribution in [1.29, 1.82) is 0 Å². The number of anilines is 3. The summed E-state index contributed by atoms with van der Waals surface area (Å²) in [5.41, 5.74) is 10.9. The lowest BCUT2D eigenvalue weighted by Gasteiger charge is -2.32. The van der Waals surface area contributed by atoms with Crippen LogP contribution in [0.15, 0.2) is 163 Å². The Labute approximate surface area is 273 Å². The minimum atomic E-state index is 0.731. The van der Waals surface area contributed by atoms with Gasteiger partial charge in [-0.1, -0.05) is 133 Å². The number of aryl methyl sites for hydroxylation is 2. The van der Waals surface area contributed by atoms with E-state index < -0.39 is 0 Å². The number of hydrogen-bond donors (Lipinski definition) is 0. The van der Waals surface area contributed by atoms with Gasteiger partial charge in [-0.05, 0) is 84.8 Å². The van der Waals surface area contributed by atoms with Crippen LogP contribution in [-0.4, -0.2) is 6.54 Å². The van der Waals surface area contributed by atoms with E-state index >= 15 is 0 Å². The van der Waals surface area contributed by atoms with Crippen molar-refractivity contribution in [3.63, 3.8) is 0 Å². The van der Waals surface area contributed by atoms with Gasteiger partial charge in [0.15, 0.2) is 0 Å². The third-order valence-electron chi connectivity index (χ3n) is 8.91. The third-order valence-corrected chi connectivity index (χ3v) is 8.91. The van der Waals surface area contributed by atoms with Crippen LogP contribution in [0.1, 0.15) is 36.5 Å². The summed E-state index contributed by atoms with van der Waals surface area (Å²) in [6, 6.07) is 35.7. The second kappa shape index (κ2) is 12.9. The van der Waals surface area contributed by atoms with Crippen molar-refractivity contribution in [1.82, 2.24) is 0 Å². The molecule has 0 fully saturated rings. The fourth-order valence-electron chi connectivity index (χ4n) is 6.72. The van der Waals surface area contributed by atoms with Gasteiger partial charge in [0.1, 0.15) is 0 Å². The first-order valence-electron chi connectivity index (χ1n) is 16.3. The summed E-state index contributed by atoms with van der Waals surface area (Å²) in [7, 11) is 0. The molecule has 46 heavy (non-hydrogen) atoms. The highest BCUT2D eigenvalue weighted by Crippen LogP contribution is 2.39. The van der Waals surface area contributed by atoms with Crippen LogP contribution in [0, 0.1) is 6.92 Å². The van der Waals surface area contributed by atoms with E-state index in [2.05, 4.69) is 176 Å². The van der Waals surface area contributed by atoms with Gasteiger partial charge in [0.2, 0.25) is 0 Å². The molecule has 0 bridgehead atoms. The quantitative estimate of drug-likeness (QED) is 0.199. The minimum Gasteiger partial charge on any atom is -0.336 e. The van der Waals surface area contributed by atoms with Gasteiger partial charge in [-0.2, -0.15) is 0 Å². The number of nitrogens with zero attached hydrogens (tertiary/aromatic N) is 2. The van der Waals surface area contributed by atoms with Gasteiger partial charge in [-0.25, -0.2) is 0 Å². The predicted octanol–water partition coefficient (Wildman–Crippen LogP) is 11.8. The fraction of sp³-hybridized carbons (Fsp3) is 0.136. The zero-order valence-electron chi connectivity index (χ0n) is 26.8. The van der Waals surface area contributed by atoms with Crippen LogP contribution >= 0.6 is 0 Å². The van der Waals surface area contributed by atoms with Crippen LogP contribution in [0.3, 0.4) is 0 Å². The Kier molecular flexibility index (Phi) is 8.27. The summed E-state index contributed by atoms with van der Waals surface area (Å²) in [5.74, 6) is 0. The molecule has 5 aromatic carbocycles. The van der Waals surface area contributed by atoms with E-state index in [-0.39, 0.29) is 0 Å². The Morgan fingerprint density at radius 1 is 0.804 bits per heavy atom. The Bertz CT molecular complexity index is 2100. The molecule has 0 saturated carbocycles. The topological polar surface area (TPSA) is 6.48 Å². The number of rotatable bonds is 5. The zero-order valence-corrected chi connectivity index (χ0v) is 26.8. The Morgan fingerprint density at radius 2 is 1.63 bits per heavy atom. The highest BCUT2D eigenvalue weighted by molar-refractivity contribution is 5.98. The molecule has 2 nitrogen and oxygen atoms in total. The van der Waals surface area contributed by atoms with Crippen LogP contribution in [0.2, 0.25) is 0 Å². The van der Waals surface area contributed by atoms with E-state index in [1.165, 1.54) is 49.5 Å². The van der Waals surface area contributed by atoms with Crippen molar-refractivity contribution in [3.05, 3.63) is 180 Å². The van der Waals surface area contributed by atoms with Gasteiger partial charge in [0.25, 0.3) is 0 Å². The molecular weight excluding hydrogens is 556 g/mol. The molecule has 0 amide bonds. The molecule has 0 spiro atoms. The number of fused-ring (bicyclic) bond motifs is 3. The highest BCUT2D eigenvalue weighted by atomic mass is 15.2. The Morgan fingerprint density at radius 3 is 2.54 bits per heavy atom. The molecule has 7 rings (SSSR count). The summed E-state index contributed by atoms with van der Waals surface area (Å²) >= 11 is 0. The van der Waals surface area contributed by atoms with E-state index in [1.54, 1.807) is 0 Å². The van der Waals surface area contributed by atoms with Gasteiger partial charge in [0.05, 0.1) is 11.4 Å². The molecule has 0 N–H and O–H groups in total. The Balaban J connectivity index is 1.52. The van der Waals surface area contributed by atoms with Crippen LogP contribution in [0.5, 0.6) is 0 Å². The predicted molar refractivity (Wildman–Crippen MR) is 200 cm³/mol. The smallest absolute Gasteiger partial charge is 0.0618 e. The SMILES string of the molecule is C=C(C)/C=C1/C/C=C\C=C/CN(c2cccc3cc(C)ccc23)/C1=C/N(c1ccc2c(c1)CCC=C2)c1cccc2ccccc12. The maximum absolute atomic E-state index is 4.32. The van der Waals surface area contributed by atoms with Crippen molar-refractivity contribution in [3.8, 4) is 0 Å². The maximum Gasteiger partial charge on any atom is 0.0618 e. The monoisotopic (exact) mass is 596 g/mol. The van der Waals surface area contributed by atoms with Crippen LogP contribution in [0.4, 0.5) is 17.1 Å². The van der Waals surface area contributed by atoms with Crippen molar-refractivity contribution in [2.75, 3.05) is 16.3 Å². The molecule has 1 heterocycles. The largest absolute Gasteiger partial charge is 0.336 e. The molecule has 0 aromatic heterocycles. The van der Waals surface area contributed by atoms with Crippen molar-refractivity contribution in [2.24, 2.45) is 0 Å². The first kappa shape index (κ1) is 29.4. The molecule has 2 heteroatoms. The lowest BCUT2D eigenvalue weighted by Crippen LogP contribution is -2.26. The molecular formula is C44H40N2. The molecule has 0 unspecified atom stereocenters. The van der Waals surface area contributed by atoms with E-state index in [9.17, 15) is 0 Å². The molecule has 0 saturated heterocycles. The normalized spacial score (nSPS) is 17.8. The molecule has 1 aliphatic heterocycles. The van der Waals surface area contributed by atoms with E-state index in [0.29, 0.717) is 0 Å². The first-order valence-corrected chi connectivity index (χ1v) is 16.3. The van der Waals surface area contributed by atoms with Gasteiger partial charge in [-0.15, -0.1) is 0 Å². The van der Waals surface area contributed by atoms with Crippen LogP contribution < -0.4 is 9.80 Å². The minimum absolute atomic E-state index is 0.731. The number of hydrogen-bond acceptors (Lipinski definition) is 2. The fourth-order valence-corrected chi connectivity index (χ4v) is 6.72. The summed E-state index contributed by atoms with van der Waals surface area (Å²) in [6.07, 6.45) is 20.9. The van der Waals surface area contributed by atoms with Crippen molar-refractivity contribution < 1.29 is 0 Å².